The highest BCUT2D eigenvalue weighted by atomic mass is 35.5. The van der Waals surface area contributed by atoms with Gasteiger partial charge >= 0.3 is 11.9 Å². The third-order valence-electron chi connectivity index (χ3n) is 1.80. The van der Waals surface area contributed by atoms with E-state index in [9.17, 15) is 9.18 Å². The molecule has 0 saturated heterocycles. The molecule has 82 valence electrons. The van der Waals surface area contributed by atoms with E-state index >= 15 is 0 Å². The Morgan fingerprint density at radius 1 is 1.50 bits per heavy atom. The second-order valence-electron chi connectivity index (χ2n) is 2.82. The molecule has 1 N–H and O–H groups in total. The van der Waals surface area contributed by atoms with Gasteiger partial charge in [-0.15, -0.1) is 0 Å². The van der Waals surface area contributed by atoms with E-state index in [-0.39, 0.29) is 16.4 Å². The molecular formula is C9H4ClFN2O3. The molecular weight excluding hydrogens is 239 g/mol. The molecule has 0 atom stereocenters. The van der Waals surface area contributed by atoms with Gasteiger partial charge in [0.1, 0.15) is 5.82 Å². The fourth-order valence-corrected chi connectivity index (χ4v) is 1.37. The van der Waals surface area contributed by atoms with Gasteiger partial charge in [-0.1, -0.05) is 22.8 Å². The van der Waals surface area contributed by atoms with Crippen molar-refractivity contribution in [1.29, 1.82) is 0 Å². The molecule has 0 aliphatic rings. The second-order valence-corrected chi connectivity index (χ2v) is 3.23. The van der Waals surface area contributed by atoms with Crippen LogP contribution in [0, 0.1) is 5.82 Å². The lowest BCUT2D eigenvalue weighted by atomic mass is 10.2. The van der Waals surface area contributed by atoms with Gasteiger partial charge in [-0.05, 0) is 12.1 Å². The van der Waals surface area contributed by atoms with Crippen LogP contribution in [0.5, 0.6) is 0 Å². The third kappa shape index (κ3) is 1.74. The molecule has 1 aromatic heterocycles. The molecule has 1 aromatic carbocycles. The highest BCUT2D eigenvalue weighted by molar-refractivity contribution is 6.33. The van der Waals surface area contributed by atoms with Crippen LogP contribution in [0.2, 0.25) is 5.02 Å². The Kier molecular flexibility index (Phi) is 2.57. The summed E-state index contributed by atoms with van der Waals surface area (Å²) in [5.41, 5.74) is -0.0829. The first-order valence-electron chi connectivity index (χ1n) is 4.11. The van der Waals surface area contributed by atoms with Gasteiger partial charge in [0.15, 0.2) is 0 Å². The summed E-state index contributed by atoms with van der Waals surface area (Å²) < 4.78 is 17.8. The first-order valence-corrected chi connectivity index (χ1v) is 4.49. The quantitative estimate of drug-likeness (QED) is 0.874. The Hall–Kier alpha value is -1.95. The lowest BCUT2D eigenvalue weighted by Gasteiger charge is -1.98. The van der Waals surface area contributed by atoms with Crippen molar-refractivity contribution in [2.75, 3.05) is 0 Å². The van der Waals surface area contributed by atoms with Crippen molar-refractivity contribution in [3.8, 4) is 11.4 Å². The van der Waals surface area contributed by atoms with E-state index < -0.39 is 17.7 Å². The summed E-state index contributed by atoms with van der Waals surface area (Å²) in [6.45, 7) is 0. The Labute approximate surface area is 93.5 Å². The van der Waals surface area contributed by atoms with Gasteiger partial charge in [-0.2, -0.15) is 4.98 Å². The summed E-state index contributed by atoms with van der Waals surface area (Å²) in [5, 5.41) is 12.0. The average Bonchev–Trinajstić information content (AvgIpc) is 2.66. The van der Waals surface area contributed by atoms with E-state index in [4.69, 9.17) is 16.7 Å². The number of carboxylic acids is 1. The van der Waals surface area contributed by atoms with Gasteiger partial charge in [0.2, 0.25) is 5.82 Å². The van der Waals surface area contributed by atoms with Crippen LogP contribution in [0.15, 0.2) is 22.7 Å². The topological polar surface area (TPSA) is 76.2 Å². The molecule has 0 bridgehead atoms. The summed E-state index contributed by atoms with van der Waals surface area (Å²) in [6.07, 6.45) is 0. The minimum atomic E-state index is -1.38. The molecule has 0 aliphatic carbocycles. The number of nitrogens with zero attached hydrogens (tertiary/aromatic N) is 2. The van der Waals surface area contributed by atoms with E-state index in [2.05, 4.69) is 14.7 Å². The molecule has 0 fully saturated rings. The minimum Gasteiger partial charge on any atom is -0.474 e. The first kappa shape index (κ1) is 10.6. The third-order valence-corrected chi connectivity index (χ3v) is 2.11. The van der Waals surface area contributed by atoms with E-state index in [1.165, 1.54) is 12.1 Å². The molecule has 1 heterocycles. The number of rotatable bonds is 2. The van der Waals surface area contributed by atoms with E-state index in [0.717, 1.165) is 6.07 Å². The number of halogens is 2. The fraction of sp³-hybridized carbons (Fsp3) is 0. The van der Waals surface area contributed by atoms with Gasteiger partial charge in [-0.25, -0.2) is 9.18 Å². The van der Waals surface area contributed by atoms with Crippen molar-refractivity contribution in [1.82, 2.24) is 10.1 Å². The van der Waals surface area contributed by atoms with Crippen LogP contribution in [-0.2, 0) is 0 Å². The van der Waals surface area contributed by atoms with Crippen molar-refractivity contribution < 1.29 is 18.8 Å². The monoisotopic (exact) mass is 242 g/mol. The Bertz CT molecular complexity index is 535. The van der Waals surface area contributed by atoms with E-state index in [1.807, 2.05) is 0 Å². The number of hydrogen-bond acceptors (Lipinski definition) is 4. The first-order chi connectivity index (χ1) is 7.59. The SMILES string of the molecule is O=C(O)c1nc(-c2c(F)cccc2Cl)no1. The van der Waals surface area contributed by atoms with Crippen LogP contribution in [0.1, 0.15) is 10.7 Å². The molecule has 0 amide bonds. The lowest BCUT2D eigenvalue weighted by Crippen LogP contribution is -1.96. The van der Waals surface area contributed by atoms with E-state index in [1.54, 1.807) is 0 Å². The lowest BCUT2D eigenvalue weighted by molar-refractivity contribution is 0.0643. The zero-order valence-electron chi connectivity index (χ0n) is 7.65. The van der Waals surface area contributed by atoms with Crippen molar-refractivity contribution in [2.24, 2.45) is 0 Å². The molecule has 7 heteroatoms. The van der Waals surface area contributed by atoms with Gasteiger partial charge in [0.05, 0.1) is 10.6 Å². The summed E-state index contributed by atoms with van der Waals surface area (Å²) >= 11 is 5.74. The maximum absolute atomic E-state index is 13.4. The summed E-state index contributed by atoms with van der Waals surface area (Å²) in [7, 11) is 0. The zero-order valence-corrected chi connectivity index (χ0v) is 8.40. The van der Waals surface area contributed by atoms with Crippen LogP contribution in [0.3, 0.4) is 0 Å². The number of carbonyl (C=O) groups is 1. The maximum atomic E-state index is 13.4. The molecule has 0 radical (unpaired) electrons. The van der Waals surface area contributed by atoms with Crippen LogP contribution in [0.4, 0.5) is 4.39 Å². The predicted octanol–water partition coefficient (Wildman–Crippen LogP) is 2.23. The van der Waals surface area contributed by atoms with Crippen molar-refractivity contribution in [3.63, 3.8) is 0 Å². The molecule has 16 heavy (non-hydrogen) atoms. The molecule has 0 unspecified atom stereocenters. The molecule has 5 nitrogen and oxygen atoms in total. The van der Waals surface area contributed by atoms with Crippen molar-refractivity contribution in [2.45, 2.75) is 0 Å². The number of benzene rings is 1. The highest BCUT2D eigenvalue weighted by Crippen LogP contribution is 2.28. The van der Waals surface area contributed by atoms with Crippen molar-refractivity contribution in [3.05, 3.63) is 34.9 Å². The summed E-state index contributed by atoms with van der Waals surface area (Å²) in [6, 6.07) is 4.02. The number of carboxylic acid groups (broad SMARTS) is 1. The number of hydrogen-bond donors (Lipinski definition) is 1. The minimum absolute atomic E-state index is 0.0812. The molecule has 0 saturated carbocycles. The second kappa shape index (κ2) is 3.90. The largest absolute Gasteiger partial charge is 0.474 e. The van der Waals surface area contributed by atoms with Crippen LogP contribution < -0.4 is 0 Å². The number of aromatic carboxylic acids is 1. The van der Waals surface area contributed by atoms with Crippen molar-refractivity contribution >= 4 is 17.6 Å². The van der Waals surface area contributed by atoms with Crippen LogP contribution in [0.25, 0.3) is 11.4 Å². The van der Waals surface area contributed by atoms with Gasteiger partial charge < -0.3 is 9.63 Å². The zero-order chi connectivity index (χ0) is 11.7. The van der Waals surface area contributed by atoms with E-state index in [0.29, 0.717) is 0 Å². The standard InChI is InChI=1S/C9H4ClFN2O3/c10-4-2-1-3-5(11)6(4)7-12-8(9(14)15)16-13-7/h1-3H,(H,14,15). The summed E-state index contributed by atoms with van der Waals surface area (Å²) in [4.78, 5) is 14.0. The Morgan fingerprint density at radius 2 is 2.25 bits per heavy atom. The molecule has 0 spiro atoms. The molecule has 2 aromatic rings. The number of aromatic nitrogens is 2. The van der Waals surface area contributed by atoms with Gasteiger partial charge in [0.25, 0.3) is 0 Å². The maximum Gasteiger partial charge on any atom is 0.394 e. The highest BCUT2D eigenvalue weighted by Gasteiger charge is 2.19. The van der Waals surface area contributed by atoms with Crippen LogP contribution >= 0.6 is 11.6 Å². The van der Waals surface area contributed by atoms with Gasteiger partial charge in [0, 0.05) is 0 Å². The van der Waals surface area contributed by atoms with Gasteiger partial charge in [-0.3, -0.25) is 0 Å². The average molecular weight is 243 g/mol. The molecule has 0 aliphatic heterocycles. The molecule has 2 rings (SSSR count). The summed E-state index contributed by atoms with van der Waals surface area (Å²) in [5.74, 6) is -2.84. The smallest absolute Gasteiger partial charge is 0.394 e. The Morgan fingerprint density at radius 3 is 2.81 bits per heavy atom. The fourth-order valence-electron chi connectivity index (χ4n) is 1.12. The predicted molar refractivity (Wildman–Crippen MR) is 51.7 cm³/mol. The van der Waals surface area contributed by atoms with Crippen LogP contribution in [-0.4, -0.2) is 21.2 Å². The Balaban J connectivity index is 2.54. The normalized spacial score (nSPS) is 10.4.